The predicted octanol–water partition coefficient (Wildman–Crippen LogP) is 1.39. The van der Waals surface area contributed by atoms with Crippen LogP contribution in [-0.2, 0) is 11.2 Å². The highest BCUT2D eigenvalue weighted by Gasteiger charge is 2.18. The van der Waals surface area contributed by atoms with Gasteiger partial charge in [-0.3, -0.25) is 4.79 Å². The van der Waals surface area contributed by atoms with Gasteiger partial charge in [-0.15, -0.1) is 0 Å². The molecule has 1 aromatic carbocycles. The van der Waals surface area contributed by atoms with Crippen LogP contribution in [0.3, 0.4) is 0 Å². The molecule has 0 radical (unpaired) electrons. The van der Waals surface area contributed by atoms with Crippen molar-refractivity contribution in [2.75, 3.05) is 14.1 Å². The van der Waals surface area contributed by atoms with Crippen molar-refractivity contribution < 1.29 is 9.21 Å². The van der Waals surface area contributed by atoms with E-state index in [9.17, 15) is 4.79 Å². The molecule has 1 aromatic heterocycles. The summed E-state index contributed by atoms with van der Waals surface area (Å²) in [4.78, 5) is 13.2. The number of rotatable bonds is 3. The van der Waals surface area contributed by atoms with E-state index in [1.807, 2.05) is 24.3 Å². The zero-order valence-electron chi connectivity index (χ0n) is 10.0. The Morgan fingerprint density at radius 1 is 1.41 bits per heavy atom. The van der Waals surface area contributed by atoms with Gasteiger partial charge in [-0.2, -0.15) is 0 Å². The lowest BCUT2D eigenvalue weighted by Crippen LogP contribution is -2.41. The smallest absolute Gasteiger partial charge is 0.239 e. The van der Waals surface area contributed by atoms with Gasteiger partial charge in [-0.05, 0) is 6.07 Å². The third kappa shape index (κ3) is 2.31. The van der Waals surface area contributed by atoms with Crippen LogP contribution in [0, 0.1) is 0 Å². The molecule has 1 amide bonds. The molecule has 0 bridgehead atoms. The molecule has 0 aliphatic rings. The molecule has 1 heterocycles. The number of furan rings is 1. The van der Waals surface area contributed by atoms with E-state index in [2.05, 4.69) is 0 Å². The summed E-state index contributed by atoms with van der Waals surface area (Å²) in [5, 5.41) is 1.02. The van der Waals surface area contributed by atoms with Crippen molar-refractivity contribution in [1.82, 2.24) is 4.90 Å². The standard InChI is InChI=1S/C13H16N2O2/c1-15(2)13(16)11(14)7-9-8-17-12-6-4-3-5-10(9)12/h3-6,8,11H,7,14H2,1-2H3. The molecule has 4 heteroatoms. The van der Waals surface area contributed by atoms with E-state index in [-0.39, 0.29) is 5.91 Å². The molecule has 2 rings (SSSR count). The summed E-state index contributed by atoms with van der Waals surface area (Å²) < 4.78 is 5.41. The average Bonchev–Trinajstić information content (AvgIpc) is 2.71. The number of carbonyl (C=O) groups is 1. The molecule has 17 heavy (non-hydrogen) atoms. The summed E-state index contributed by atoms with van der Waals surface area (Å²) in [6.45, 7) is 0. The van der Waals surface area contributed by atoms with Crippen molar-refractivity contribution in [2.45, 2.75) is 12.5 Å². The number of amides is 1. The number of hydrogen-bond donors (Lipinski definition) is 1. The molecule has 2 aromatic rings. The van der Waals surface area contributed by atoms with E-state index >= 15 is 0 Å². The molecule has 0 saturated carbocycles. The number of likely N-dealkylation sites (N-methyl/N-ethyl adjacent to an activating group) is 1. The zero-order valence-corrected chi connectivity index (χ0v) is 10.0. The second-order valence-corrected chi connectivity index (χ2v) is 4.30. The van der Waals surface area contributed by atoms with E-state index in [1.165, 1.54) is 4.90 Å². The summed E-state index contributed by atoms with van der Waals surface area (Å²) in [7, 11) is 3.41. The van der Waals surface area contributed by atoms with Crippen molar-refractivity contribution >= 4 is 16.9 Å². The van der Waals surface area contributed by atoms with Gasteiger partial charge < -0.3 is 15.1 Å². The van der Waals surface area contributed by atoms with E-state index in [0.717, 1.165) is 16.5 Å². The van der Waals surface area contributed by atoms with E-state index < -0.39 is 6.04 Å². The molecule has 1 unspecified atom stereocenters. The number of para-hydroxylation sites is 1. The number of carbonyl (C=O) groups excluding carboxylic acids is 1. The highest BCUT2D eigenvalue weighted by Crippen LogP contribution is 2.21. The van der Waals surface area contributed by atoms with Crippen molar-refractivity contribution in [3.63, 3.8) is 0 Å². The van der Waals surface area contributed by atoms with Crippen molar-refractivity contribution in [2.24, 2.45) is 5.73 Å². The summed E-state index contributed by atoms with van der Waals surface area (Å²) in [6, 6.07) is 7.21. The quantitative estimate of drug-likeness (QED) is 0.870. The molecule has 1 atom stereocenters. The minimum absolute atomic E-state index is 0.0738. The minimum atomic E-state index is -0.522. The fourth-order valence-corrected chi connectivity index (χ4v) is 1.85. The Kier molecular flexibility index (Phi) is 3.15. The van der Waals surface area contributed by atoms with Crippen LogP contribution < -0.4 is 5.73 Å². The SMILES string of the molecule is CN(C)C(=O)C(N)Cc1coc2ccccc12. The van der Waals surface area contributed by atoms with E-state index in [4.69, 9.17) is 10.2 Å². The Hall–Kier alpha value is -1.81. The lowest BCUT2D eigenvalue weighted by Gasteiger charge is -2.15. The highest BCUT2D eigenvalue weighted by atomic mass is 16.3. The topological polar surface area (TPSA) is 59.5 Å². The van der Waals surface area contributed by atoms with Crippen LogP contribution in [0.4, 0.5) is 0 Å². The largest absolute Gasteiger partial charge is 0.464 e. The normalized spacial score (nSPS) is 12.6. The molecule has 90 valence electrons. The monoisotopic (exact) mass is 232 g/mol. The van der Waals surface area contributed by atoms with Crippen LogP contribution in [0.25, 0.3) is 11.0 Å². The lowest BCUT2D eigenvalue weighted by molar-refractivity contribution is -0.130. The van der Waals surface area contributed by atoms with Crippen LogP contribution in [0.1, 0.15) is 5.56 Å². The van der Waals surface area contributed by atoms with Crippen LogP contribution in [0.15, 0.2) is 34.9 Å². The summed E-state index contributed by atoms with van der Waals surface area (Å²) in [5.41, 5.74) is 7.67. The Labute approximate surface area is 100.0 Å². The molecule has 2 N–H and O–H groups in total. The Morgan fingerprint density at radius 3 is 2.82 bits per heavy atom. The van der Waals surface area contributed by atoms with Crippen molar-refractivity contribution in [3.8, 4) is 0 Å². The third-order valence-electron chi connectivity index (χ3n) is 2.76. The lowest BCUT2D eigenvalue weighted by atomic mass is 10.0. The number of benzene rings is 1. The van der Waals surface area contributed by atoms with Gasteiger partial charge in [0.2, 0.25) is 5.91 Å². The summed E-state index contributed by atoms with van der Waals surface area (Å²) >= 11 is 0. The molecule has 0 aliphatic carbocycles. The fourth-order valence-electron chi connectivity index (χ4n) is 1.85. The van der Waals surface area contributed by atoms with E-state index in [1.54, 1.807) is 20.4 Å². The second-order valence-electron chi connectivity index (χ2n) is 4.30. The van der Waals surface area contributed by atoms with Gasteiger partial charge in [0, 0.05) is 31.5 Å². The van der Waals surface area contributed by atoms with Crippen molar-refractivity contribution in [3.05, 3.63) is 36.1 Å². The van der Waals surface area contributed by atoms with Crippen LogP contribution in [0.2, 0.25) is 0 Å². The molecule has 0 saturated heterocycles. The van der Waals surface area contributed by atoms with Gasteiger partial charge in [0.25, 0.3) is 0 Å². The third-order valence-corrected chi connectivity index (χ3v) is 2.76. The number of hydrogen-bond acceptors (Lipinski definition) is 3. The number of nitrogens with two attached hydrogens (primary N) is 1. The number of fused-ring (bicyclic) bond motifs is 1. The first-order valence-electron chi connectivity index (χ1n) is 5.51. The number of nitrogens with zero attached hydrogens (tertiary/aromatic N) is 1. The minimum Gasteiger partial charge on any atom is -0.464 e. The Morgan fingerprint density at radius 2 is 2.12 bits per heavy atom. The van der Waals surface area contributed by atoms with E-state index in [0.29, 0.717) is 6.42 Å². The van der Waals surface area contributed by atoms with Gasteiger partial charge >= 0.3 is 0 Å². The molecule has 0 aliphatic heterocycles. The maximum Gasteiger partial charge on any atom is 0.239 e. The Bertz CT molecular complexity index is 531. The highest BCUT2D eigenvalue weighted by molar-refractivity contribution is 5.84. The first-order valence-corrected chi connectivity index (χ1v) is 5.51. The second kappa shape index (κ2) is 4.59. The average molecular weight is 232 g/mol. The predicted molar refractivity (Wildman–Crippen MR) is 66.6 cm³/mol. The molecular formula is C13H16N2O2. The van der Waals surface area contributed by atoms with Gasteiger partial charge in [0.05, 0.1) is 12.3 Å². The van der Waals surface area contributed by atoms with Crippen LogP contribution in [-0.4, -0.2) is 30.9 Å². The van der Waals surface area contributed by atoms with Crippen LogP contribution in [0.5, 0.6) is 0 Å². The fraction of sp³-hybridized carbons (Fsp3) is 0.308. The van der Waals surface area contributed by atoms with Gasteiger partial charge in [-0.1, -0.05) is 18.2 Å². The first-order chi connectivity index (χ1) is 8.09. The van der Waals surface area contributed by atoms with Crippen LogP contribution >= 0.6 is 0 Å². The van der Waals surface area contributed by atoms with Gasteiger partial charge in [-0.25, -0.2) is 0 Å². The zero-order chi connectivity index (χ0) is 12.4. The Balaban J connectivity index is 2.21. The summed E-state index contributed by atoms with van der Waals surface area (Å²) in [5.74, 6) is -0.0738. The first kappa shape index (κ1) is 11.7. The molecular weight excluding hydrogens is 216 g/mol. The maximum atomic E-state index is 11.7. The molecule has 0 spiro atoms. The molecule has 0 fully saturated rings. The maximum absolute atomic E-state index is 11.7. The van der Waals surface area contributed by atoms with Gasteiger partial charge in [0.1, 0.15) is 5.58 Å². The van der Waals surface area contributed by atoms with Gasteiger partial charge in [0.15, 0.2) is 0 Å². The molecule has 4 nitrogen and oxygen atoms in total. The van der Waals surface area contributed by atoms with Crippen molar-refractivity contribution in [1.29, 1.82) is 0 Å². The summed E-state index contributed by atoms with van der Waals surface area (Å²) in [6.07, 6.45) is 2.17.